The number of hydrogen-bond acceptors (Lipinski definition) is 4. The van der Waals surface area contributed by atoms with Crippen LogP contribution in [0.4, 0.5) is 0 Å². The van der Waals surface area contributed by atoms with E-state index in [0.29, 0.717) is 5.76 Å². The molecule has 0 saturated carbocycles. The number of amides is 1. The lowest BCUT2D eigenvalue weighted by molar-refractivity contribution is 0.0911. The Morgan fingerprint density at radius 1 is 1.53 bits per heavy atom. The average Bonchev–Trinajstić information content (AvgIpc) is 3.09. The van der Waals surface area contributed by atoms with Gasteiger partial charge < -0.3 is 14.8 Å². The minimum Gasteiger partial charge on any atom is -0.467 e. The summed E-state index contributed by atoms with van der Waals surface area (Å²) in [5, 5.41) is 12.1. The topological polar surface area (TPSA) is 62.5 Å². The molecule has 0 aliphatic heterocycles. The van der Waals surface area contributed by atoms with Gasteiger partial charge in [0.05, 0.1) is 17.7 Å². The summed E-state index contributed by atoms with van der Waals surface area (Å²) in [6.07, 6.45) is 4.87. The number of aliphatic hydroxyl groups excluding tert-OH is 1. The van der Waals surface area contributed by atoms with Crippen molar-refractivity contribution in [3.8, 4) is 0 Å². The molecule has 0 saturated heterocycles. The quantitative estimate of drug-likeness (QED) is 0.901. The molecule has 5 heteroatoms. The number of hydrogen-bond donors (Lipinski definition) is 2. The van der Waals surface area contributed by atoms with Gasteiger partial charge in [0.15, 0.2) is 0 Å². The van der Waals surface area contributed by atoms with Crippen LogP contribution in [0.25, 0.3) is 0 Å². The Balaban J connectivity index is 1.73. The molecule has 2 heterocycles. The molecule has 0 spiro atoms. The van der Waals surface area contributed by atoms with E-state index in [1.807, 2.05) is 6.07 Å². The van der Waals surface area contributed by atoms with Crippen LogP contribution in [0.1, 0.15) is 38.3 Å². The van der Waals surface area contributed by atoms with Gasteiger partial charge in [0, 0.05) is 4.88 Å². The van der Waals surface area contributed by atoms with Crippen molar-refractivity contribution < 1.29 is 14.3 Å². The average molecular weight is 277 g/mol. The van der Waals surface area contributed by atoms with Crippen molar-refractivity contribution >= 4 is 17.2 Å². The number of thiophene rings is 1. The summed E-state index contributed by atoms with van der Waals surface area (Å²) < 4.78 is 5.21. The van der Waals surface area contributed by atoms with Gasteiger partial charge in [-0.3, -0.25) is 4.79 Å². The third-order valence-electron chi connectivity index (χ3n) is 3.34. The predicted octanol–water partition coefficient (Wildman–Crippen LogP) is 2.29. The van der Waals surface area contributed by atoms with E-state index in [1.165, 1.54) is 23.1 Å². The number of aliphatic hydroxyl groups is 1. The summed E-state index contributed by atoms with van der Waals surface area (Å²) in [6, 6.07) is 4.97. The largest absolute Gasteiger partial charge is 0.467 e. The lowest BCUT2D eigenvalue weighted by Crippen LogP contribution is -2.29. The Hall–Kier alpha value is -1.59. The molecule has 0 fully saturated rings. The van der Waals surface area contributed by atoms with Crippen LogP contribution in [-0.4, -0.2) is 17.6 Å². The fourth-order valence-corrected chi connectivity index (χ4v) is 3.52. The molecule has 100 valence electrons. The predicted molar refractivity (Wildman–Crippen MR) is 72.3 cm³/mol. The zero-order chi connectivity index (χ0) is 13.2. The lowest BCUT2D eigenvalue weighted by atomic mass is 10.2. The maximum absolute atomic E-state index is 12.2. The van der Waals surface area contributed by atoms with E-state index in [9.17, 15) is 9.90 Å². The smallest absolute Gasteiger partial charge is 0.262 e. The summed E-state index contributed by atoms with van der Waals surface area (Å²) in [5.41, 5.74) is 1.30. The van der Waals surface area contributed by atoms with Crippen LogP contribution in [0.3, 0.4) is 0 Å². The van der Waals surface area contributed by atoms with E-state index in [1.54, 1.807) is 23.5 Å². The zero-order valence-corrected chi connectivity index (χ0v) is 11.2. The van der Waals surface area contributed by atoms with Gasteiger partial charge in [0.2, 0.25) is 0 Å². The molecule has 1 unspecified atom stereocenters. The Morgan fingerprint density at radius 2 is 2.42 bits per heavy atom. The summed E-state index contributed by atoms with van der Waals surface area (Å²) >= 11 is 1.56. The molecule has 1 aliphatic carbocycles. The molecule has 0 radical (unpaired) electrons. The maximum atomic E-state index is 12.2. The molecule has 1 atom stereocenters. The SMILES string of the molecule is O=C(NC(CO)c1ccco1)c1cc2c(s1)CCC2. The minimum atomic E-state index is -0.487. The molecule has 2 N–H and O–H groups in total. The second-order valence-corrected chi connectivity index (χ2v) is 5.77. The van der Waals surface area contributed by atoms with Gasteiger partial charge in [0.1, 0.15) is 11.8 Å². The highest BCUT2D eigenvalue weighted by molar-refractivity contribution is 7.14. The molecule has 2 aromatic heterocycles. The molecular formula is C14H15NO3S. The Bertz CT molecular complexity index is 552. The van der Waals surface area contributed by atoms with Crippen LogP contribution in [0.2, 0.25) is 0 Å². The number of fused-ring (bicyclic) bond motifs is 1. The third-order valence-corrected chi connectivity index (χ3v) is 4.58. The van der Waals surface area contributed by atoms with Gasteiger partial charge >= 0.3 is 0 Å². The zero-order valence-electron chi connectivity index (χ0n) is 10.4. The first-order chi connectivity index (χ1) is 9.28. The highest BCUT2D eigenvalue weighted by atomic mass is 32.1. The number of rotatable bonds is 4. The molecular weight excluding hydrogens is 262 g/mol. The van der Waals surface area contributed by atoms with E-state index in [0.717, 1.165) is 17.7 Å². The van der Waals surface area contributed by atoms with Crippen molar-refractivity contribution in [2.45, 2.75) is 25.3 Å². The van der Waals surface area contributed by atoms with Gasteiger partial charge in [-0.2, -0.15) is 0 Å². The highest BCUT2D eigenvalue weighted by Gasteiger charge is 2.21. The van der Waals surface area contributed by atoms with E-state index in [4.69, 9.17) is 4.42 Å². The van der Waals surface area contributed by atoms with E-state index in [2.05, 4.69) is 5.32 Å². The third kappa shape index (κ3) is 2.43. The van der Waals surface area contributed by atoms with Crippen molar-refractivity contribution in [2.24, 2.45) is 0 Å². The first-order valence-corrected chi connectivity index (χ1v) is 7.16. The fourth-order valence-electron chi connectivity index (χ4n) is 2.37. The molecule has 19 heavy (non-hydrogen) atoms. The standard InChI is InChI=1S/C14H15NO3S/c16-8-10(11-4-2-6-18-11)15-14(17)13-7-9-3-1-5-12(9)19-13/h2,4,6-7,10,16H,1,3,5,8H2,(H,15,17). The van der Waals surface area contributed by atoms with Gasteiger partial charge in [0.25, 0.3) is 5.91 Å². The summed E-state index contributed by atoms with van der Waals surface area (Å²) in [7, 11) is 0. The summed E-state index contributed by atoms with van der Waals surface area (Å²) in [6.45, 7) is -0.176. The number of aryl methyl sites for hydroxylation is 2. The maximum Gasteiger partial charge on any atom is 0.262 e. The molecule has 0 aromatic carbocycles. The van der Waals surface area contributed by atoms with Crippen LogP contribution >= 0.6 is 11.3 Å². The van der Waals surface area contributed by atoms with Gasteiger partial charge in [-0.1, -0.05) is 0 Å². The van der Waals surface area contributed by atoms with Gasteiger partial charge in [-0.15, -0.1) is 11.3 Å². The molecule has 0 bridgehead atoms. The van der Waals surface area contributed by atoms with Crippen molar-refractivity contribution in [3.63, 3.8) is 0 Å². The number of furan rings is 1. The molecule has 1 amide bonds. The number of carbonyl (C=O) groups excluding carboxylic acids is 1. The molecule has 4 nitrogen and oxygen atoms in total. The summed E-state index contributed by atoms with van der Waals surface area (Å²) in [5.74, 6) is 0.426. The van der Waals surface area contributed by atoms with Crippen LogP contribution in [0.5, 0.6) is 0 Å². The van der Waals surface area contributed by atoms with Crippen LogP contribution in [-0.2, 0) is 12.8 Å². The van der Waals surface area contributed by atoms with E-state index in [-0.39, 0.29) is 12.5 Å². The lowest BCUT2D eigenvalue weighted by Gasteiger charge is -2.12. The first kappa shape index (κ1) is 12.4. The first-order valence-electron chi connectivity index (χ1n) is 6.34. The van der Waals surface area contributed by atoms with Gasteiger partial charge in [-0.05, 0) is 43.0 Å². The van der Waals surface area contributed by atoms with Crippen LogP contribution < -0.4 is 5.32 Å². The highest BCUT2D eigenvalue weighted by Crippen LogP contribution is 2.30. The van der Waals surface area contributed by atoms with Crippen molar-refractivity contribution in [3.05, 3.63) is 45.5 Å². The Labute approximate surface area is 115 Å². The van der Waals surface area contributed by atoms with Crippen LogP contribution in [0.15, 0.2) is 28.9 Å². The van der Waals surface area contributed by atoms with E-state index >= 15 is 0 Å². The van der Waals surface area contributed by atoms with Gasteiger partial charge in [-0.25, -0.2) is 0 Å². The fraction of sp³-hybridized carbons (Fsp3) is 0.357. The molecule has 2 aromatic rings. The van der Waals surface area contributed by atoms with Crippen molar-refractivity contribution in [1.29, 1.82) is 0 Å². The Morgan fingerprint density at radius 3 is 3.11 bits per heavy atom. The molecule has 3 rings (SSSR count). The van der Waals surface area contributed by atoms with Crippen LogP contribution in [0, 0.1) is 0 Å². The second-order valence-electron chi connectivity index (χ2n) is 4.64. The molecule has 1 aliphatic rings. The summed E-state index contributed by atoms with van der Waals surface area (Å²) in [4.78, 5) is 14.2. The van der Waals surface area contributed by atoms with Crippen molar-refractivity contribution in [2.75, 3.05) is 6.61 Å². The monoisotopic (exact) mass is 277 g/mol. The number of nitrogens with one attached hydrogen (secondary N) is 1. The normalized spacial score (nSPS) is 15.2. The number of carbonyl (C=O) groups is 1. The van der Waals surface area contributed by atoms with E-state index < -0.39 is 6.04 Å². The minimum absolute atomic E-state index is 0.144. The Kier molecular flexibility index (Phi) is 3.40. The van der Waals surface area contributed by atoms with Crippen molar-refractivity contribution in [1.82, 2.24) is 5.32 Å². The second kappa shape index (κ2) is 5.19.